The minimum absolute atomic E-state index is 0. The van der Waals surface area contributed by atoms with Crippen LogP contribution in [0.3, 0.4) is 0 Å². The number of amides is 2. The van der Waals surface area contributed by atoms with Gasteiger partial charge in [-0.25, -0.2) is 9.00 Å². The zero-order chi connectivity index (χ0) is 21.6. The summed E-state index contributed by atoms with van der Waals surface area (Å²) in [6.45, 7) is 3.76. The quantitative estimate of drug-likeness (QED) is 0.412. The number of aliphatic imine (C=N–C) groups is 1. The number of aryl methyl sites for hydroxylation is 2. The smallest absolute Gasteiger partial charge is 0.316 e. The highest BCUT2D eigenvalue weighted by Gasteiger charge is 2.24. The second kappa shape index (κ2) is 10.5. The van der Waals surface area contributed by atoms with Gasteiger partial charge in [0.2, 0.25) is 11.1 Å². The lowest BCUT2D eigenvalue weighted by molar-refractivity contribution is 0.259. The van der Waals surface area contributed by atoms with E-state index in [4.69, 9.17) is 10.3 Å². The molecular formula is C20H35N5O3S. The van der Waals surface area contributed by atoms with Crippen molar-refractivity contribution in [1.29, 1.82) is 0 Å². The van der Waals surface area contributed by atoms with Crippen molar-refractivity contribution in [3.05, 3.63) is 39.0 Å². The highest BCUT2D eigenvalue weighted by Crippen LogP contribution is 2.38. The van der Waals surface area contributed by atoms with Crippen molar-refractivity contribution in [1.82, 2.24) is 10.2 Å². The van der Waals surface area contributed by atoms with E-state index in [2.05, 4.69) is 28.4 Å². The van der Waals surface area contributed by atoms with Crippen LogP contribution in [-0.4, -0.2) is 54.1 Å². The van der Waals surface area contributed by atoms with Gasteiger partial charge in [-0.15, -0.1) is 0 Å². The molecule has 9 heteroatoms. The van der Waals surface area contributed by atoms with Crippen molar-refractivity contribution in [3.63, 3.8) is 0 Å². The fourth-order valence-corrected chi connectivity index (χ4v) is 4.40. The third-order valence-corrected chi connectivity index (χ3v) is 5.77. The maximum atomic E-state index is 11.1. The summed E-state index contributed by atoms with van der Waals surface area (Å²) in [5.74, 6) is 0. The largest absolute Gasteiger partial charge is 0.388 e. The highest BCUT2D eigenvalue weighted by atomic mass is 32.2. The molecule has 0 saturated heterocycles. The zero-order valence-electron chi connectivity index (χ0n) is 17.4. The molecule has 164 valence electrons. The van der Waals surface area contributed by atoms with Gasteiger partial charge in [0, 0.05) is 22.1 Å². The Morgan fingerprint density at radius 1 is 1.28 bits per heavy atom. The molecule has 0 saturated carbocycles. The summed E-state index contributed by atoms with van der Waals surface area (Å²) < 4.78 is 19.6. The lowest BCUT2D eigenvalue weighted by Gasteiger charge is -2.14. The molecular weight excluding hydrogens is 390 g/mol. The van der Waals surface area contributed by atoms with E-state index in [0.717, 1.165) is 31.4 Å². The van der Waals surface area contributed by atoms with Crippen LogP contribution in [0.1, 0.15) is 37.9 Å². The van der Waals surface area contributed by atoms with Crippen molar-refractivity contribution >= 4 is 29.5 Å². The molecule has 2 aliphatic carbocycles. The minimum atomic E-state index is -2.09. The van der Waals surface area contributed by atoms with Gasteiger partial charge in [-0.1, -0.05) is 6.07 Å². The van der Waals surface area contributed by atoms with Crippen LogP contribution in [0.2, 0.25) is 0 Å². The fourth-order valence-electron chi connectivity index (χ4n) is 3.92. The molecule has 1 aromatic carbocycles. The lowest BCUT2D eigenvalue weighted by Crippen LogP contribution is -2.24. The number of urea groups is 1. The number of nitrogens with one attached hydrogen (secondary N) is 2. The van der Waals surface area contributed by atoms with Crippen molar-refractivity contribution in [2.45, 2.75) is 38.5 Å². The number of nitrogens with two attached hydrogens (primary N) is 1. The first-order chi connectivity index (χ1) is 13.8. The normalized spacial score (nSPS) is 16.2. The van der Waals surface area contributed by atoms with Crippen LogP contribution < -0.4 is 16.4 Å². The number of hydrogen-bond donors (Lipinski definition) is 4. The summed E-state index contributed by atoms with van der Waals surface area (Å²) in [7, 11) is 5.40. The molecule has 0 aliphatic heterocycles. The predicted molar refractivity (Wildman–Crippen MR) is 123 cm³/mol. The van der Waals surface area contributed by atoms with Crippen LogP contribution in [0.15, 0.2) is 21.8 Å². The maximum Gasteiger partial charge on any atom is 0.316 e. The van der Waals surface area contributed by atoms with E-state index in [0.29, 0.717) is 12.2 Å². The molecule has 1 atom stereocenters. The van der Waals surface area contributed by atoms with Gasteiger partial charge < -0.3 is 25.8 Å². The number of anilines is 1. The number of benzene rings is 1. The molecule has 5 N–H and O–H groups in total. The second-order valence-corrected chi connectivity index (χ2v) is 8.29. The van der Waals surface area contributed by atoms with Crippen molar-refractivity contribution in [3.8, 4) is 0 Å². The highest BCUT2D eigenvalue weighted by molar-refractivity contribution is 7.83. The maximum absolute atomic E-state index is 11.1. The third kappa shape index (κ3) is 5.88. The average Bonchev–Trinajstić information content (AvgIpc) is 3.29. The number of primary amides is 1. The van der Waals surface area contributed by atoms with E-state index in [1.54, 1.807) is 7.05 Å². The third-order valence-electron chi connectivity index (χ3n) is 5.06. The van der Waals surface area contributed by atoms with Crippen molar-refractivity contribution < 1.29 is 16.4 Å². The van der Waals surface area contributed by atoms with Crippen molar-refractivity contribution in [2.24, 2.45) is 10.7 Å². The van der Waals surface area contributed by atoms with Crippen LogP contribution in [0.5, 0.6) is 0 Å². The van der Waals surface area contributed by atoms with Crippen LogP contribution >= 0.6 is 0 Å². The van der Waals surface area contributed by atoms with Crippen LogP contribution in [-0.2, 0) is 36.8 Å². The molecule has 0 heterocycles. The number of carbonyl (C=O) groups excluding carboxylic acids is 1. The molecule has 0 aromatic heterocycles. The van der Waals surface area contributed by atoms with Crippen LogP contribution in [0.4, 0.5) is 10.5 Å². The fraction of sp³-hybridized carbons (Fsp3) is 0.500. The van der Waals surface area contributed by atoms with Gasteiger partial charge in [-0.2, -0.15) is 0 Å². The van der Waals surface area contributed by atoms with Crippen LogP contribution in [0, 0.1) is 0 Å². The number of hydrogen-bond acceptors (Lipinski definition) is 5. The first-order valence-electron chi connectivity index (χ1n) is 9.64. The second-order valence-electron chi connectivity index (χ2n) is 7.40. The minimum Gasteiger partial charge on any atom is -0.388 e. The monoisotopic (exact) mass is 425 g/mol. The van der Waals surface area contributed by atoms with Gasteiger partial charge in [0.05, 0.1) is 5.70 Å². The van der Waals surface area contributed by atoms with E-state index >= 15 is 0 Å². The van der Waals surface area contributed by atoms with Gasteiger partial charge in [-0.3, -0.25) is 4.99 Å². The molecule has 8 nitrogen and oxygen atoms in total. The SMILES string of the molecule is C=N/C(=C(/CN(C)C)NC)S(=O)O.NC(=O)Nc1c2c(cc3c1CCC3)CCC2.[HH].[HH]. The Labute approximate surface area is 177 Å². The Kier molecular flexibility index (Phi) is 8.36. The zero-order valence-corrected chi connectivity index (χ0v) is 18.2. The first kappa shape index (κ1) is 23.1. The first-order valence-corrected chi connectivity index (χ1v) is 10.7. The molecule has 0 fully saturated rings. The predicted octanol–water partition coefficient (Wildman–Crippen LogP) is 2.51. The molecule has 2 aliphatic rings. The molecule has 0 radical (unpaired) electrons. The van der Waals surface area contributed by atoms with Crippen LogP contribution in [0.25, 0.3) is 0 Å². The summed E-state index contributed by atoms with van der Waals surface area (Å²) in [5, 5.41) is 5.74. The van der Waals surface area contributed by atoms with Gasteiger partial charge in [0.25, 0.3) is 0 Å². The van der Waals surface area contributed by atoms with E-state index in [9.17, 15) is 9.00 Å². The molecule has 1 unspecified atom stereocenters. The Morgan fingerprint density at radius 2 is 1.83 bits per heavy atom. The topological polar surface area (TPSA) is 120 Å². The summed E-state index contributed by atoms with van der Waals surface area (Å²) in [6, 6.07) is 1.91. The average molecular weight is 426 g/mol. The van der Waals surface area contributed by atoms with Gasteiger partial charge >= 0.3 is 6.03 Å². The molecule has 2 amide bonds. The molecule has 1 aromatic rings. The summed E-state index contributed by atoms with van der Waals surface area (Å²) >= 11 is -2.09. The Morgan fingerprint density at radius 3 is 2.21 bits per heavy atom. The number of carbonyl (C=O) groups is 1. The number of nitrogens with zero attached hydrogens (tertiary/aromatic N) is 2. The Balaban J connectivity index is 0.000000560. The Bertz CT molecular complexity index is 814. The van der Waals surface area contributed by atoms with Gasteiger partial charge in [0.15, 0.2) is 5.03 Å². The summed E-state index contributed by atoms with van der Waals surface area (Å²) in [4.78, 5) is 16.4. The van der Waals surface area contributed by atoms with E-state index < -0.39 is 17.1 Å². The Hall–Kier alpha value is -2.23. The molecule has 3 rings (SSSR count). The summed E-state index contributed by atoms with van der Waals surface area (Å²) in [6.07, 6.45) is 6.86. The van der Waals surface area contributed by atoms with Gasteiger partial charge in [0.1, 0.15) is 0 Å². The number of rotatable bonds is 6. The van der Waals surface area contributed by atoms with Gasteiger partial charge in [-0.05, 0) is 81.6 Å². The van der Waals surface area contributed by atoms with E-state index in [1.807, 2.05) is 19.0 Å². The molecule has 29 heavy (non-hydrogen) atoms. The number of fused-ring (bicyclic) bond motifs is 2. The number of likely N-dealkylation sites (N-methyl/N-ethyl adjacent to an activating group) is 2. The lowest BCUT2D eigenvalue weighted by atomic mass is 9.99. The van der Waals surface area contributed by atoms with E-state index in [-0.39, 0.29) is 7.88 Å². The molecule has 0 spiro atoms. The van der Waals surface area contributed by atoms with E-state index in [1.165, 1.54) is 35.1 Å². The molecule has 0 bridgehead atoms. The summed E-state index contributed by atoms with van der Waals surface area (Å²) in [5.41, 5.74) is 12.4. The van der Waals surface area contributed by atoms with Crippen molar-refractivity contribution in [2.75, 3.05) is 33.0 Å². The standard InChI is InChI=1S/C13H16N2O.C7H15N3O2S.2H2/c14-13(16)15-12-10-5-1-3-8(10)7-9-4-2-6-11(9)12;1-8-6(5-10(3)4)7(9-2)13(11)12;;/h7H,1-6H2,(H3,14,15,16);8H,2,5H2,1,3-4H3,(H,11,12);2*1H/b;7-6+;;.